The van der Waals surface area contributed by atoms with Crippen molar-refractivity contribution in [2.24, 2.45) is 0 Å². The molecule has 0 bridgehead atoms. The molecular formula is C17H27NO3. The first-order valence-corrected chi connectivity index (χ1v) is 7.58. The largest absolute Gasteiger partial charge is 0.496 e. The summed E-state index contributed by atoms with van der Waals surface area (Å²) in [5.41, 5.74) is 1.14. The van der Waals surface area contributed by atoms with Gasteiger partial charge >= 0.3 is 5.97 Å². The second-order valence-corrected chi connectivity index (χ2v) is 5.30. The van der Waals surface area contributed by atoms with E-state index in [2.05, 4.69) is 25.2 Å². The molecule has 1 N–H and O–H groups in total. The first kappa shape index (κ1) is 17.5. The van der Waals surface area contributed by atoms with Gasteiger partial charge in [-0.15, -0.1) is 0 Å². The Bertz CT molecular complexity index is 434. The van der Waals surface area contributed by atoms with Crippen LogP contribution in [-0.4, -0.2) is 32.3 Å². The van der Waals surface area contributed by atoms with E-state index < -0.39 is 0 Å². The Balaban J connectivity index is 2.64. The molecule has 0 saturated heterocycles. The maximum absolute atomic E-state index is 11.8. The van der Waals surface area contributed by atoms with Crippen molar-refractivity contribution in [3.8, 4) is 5.75 Å². The van der Waals surface area contributed by atoms with Gasteiger partial charge in [0.1, 0.15) is 11.8 Å². The van der Waals surface area contributed by atoms with Gasteiger partial charge in [-0.1, -0.05) is 38.0 Å². The van der Waals surface area contributed by atoms with E-state index >= 15 is 0 Å². The zero-order chi connectivity index (χ0) is 15.7. The predicted molar refractivity (Wildman–Crippen MR) is 84.6 cm³/mol. The van der Waals surface area contributed by atoms with Gasteiger partial charge in [-0.2, -0.15) is 0 Å². The zero-order valence-corrected chi connectivity index (χ0v) is 13.5. The summed E-state index contributed by atoms with van der Waals surface area (Å²) >= 11 is 0. The van der Waals surface area contributed by atoms with Crippen molar-refractivity contribution in [2.75, 3.05) is 14.2 Å². The number of hydrogen-bond acceptors (Lipinski definition) is 4. The van der Waals surface area contributed by atoms with Gasteiger partial charge in [-0.25, -0.2) is 0 Å². The van der Waals surface area contributed by atoms with Crippen LogP contribution in [0.2, 0.25) is 0 Å². The quantitative estimate of drug-likeness (QED) is 0.711. The lowest BCUT2D eigenvalue weighted by atomic mass is 10.0. The highest BCUT2D eigenvalue weighted by Gasteiger charge is 2.21. The van der Waals surface area contributed by atoms with Crippen molar-refractivity contribution in [1.82, 2.24) is 5.32 Å². The minimum Gasteiger partial charge on any atom is -0.496 e. The summed E-state index contributed by atoms with van der Waals surface area (Å²) < 4.78 is 10.2. The lowest BCUT2D eigenvalue weighted by molar-refractivity contribution is -0.143. The summed E-state index contributed by atoms with van der Waals surface area (Å²) in [5, 5.41) is 3.37. The van der Waals surface area contributed by atoms with E-state index in [-0.39, 0.29) is 18.1 Å². The van der Waals surface area contributed by atoms with Crippen LogP contribution in [0, 0.1) is 0 Å². The van der Waals surface area contributed by atoms with Crippen molar-refractivity contribution in [3.05, 3.63) is 29.8 Å². The molecule has 118 valence electrons. The van der Waals surface area contributed by atoms with Gasteiger partial charge in [0.15, 0.2) is 0 Å². The maximum atomic E-state index is 11.8. The highest BCUT2D eigenvalue weighted by molar-refractivity contribution is 5.75. The third kappa shape index (κ3) is 5.76. The van der Waals surface area contributed by atoms with Crippen LogP contribution in [0.3, 0.4) is 0 Å². The fraction of sp³-hybridized carbons (Fsp3) is 0.588. The molecular weight excluding hydrogens is 266 g/mol. The normalized spacial score (nSPS) is 13.5. The predicted octanol–water partition coefficient (Wildman–Crippen LogP) is 2.95. The molecule has 0 saturated carbocycles. The molecule has 0 aliphatic heterocycles. The molecule has 0 heterocycles. The van der Waals surface area contributed by atoms with Crippen LogP contribution in [0.5, 0.6) is 5.75 Å². The molecule has 21 heavy (non-hydrogen) atoms. The van der Waals surface area contributed by atoms with E-state index in [0.29, 0.717) is 0 Å². The first-order chi connectivity index (χ1) is 10.1. The summed E-state index contributed by atoms with van der Waals surface area (Å²) in [6, 6.07) is 7.90. The molecule has 1 rings (SSSR count). The number of esters is 1. The van der Waals surface area contributed by atoms with Gasteiger partial charge in [-0.3, -0.25) is 4.79 Å². The first-order valence-electron chi connectivity index (χ1n) is 7.58. The average molecular weight is 293 g/mol. The van der Waals surface area contributed by atoms with E-state index in [9.17, 15) is 4.79 Å². The molecule has 0 aliphatic carbocycles. The van der Waals surface area contributed by atoms with Crippen LogP contribution in [0.1, 0.15) is 38.7 Å². The monoisotopic (exact) mass is 293 g/mol. The SMILES string of the molecule is CCCC[C@H](N[C@H](C)Cc1ccccc1OC)C(=O)OC. The number of carbonyl (C=O) groups excluding carboxylic acids is 1. The van der Waals surface area contributed by atoms with Crippen molar-refractivity contribution in [1.29, 1.82) is 0 Å². The van der Waals surface area contributed by atoms with E-state index in [1.54, 1.807) is 7.11 Å². The summed E-state index contributed by atoms with van der Waals surface area (Å²) in [7, 11) is 3.11. The molecule has 0 aromatic heterocycles. The van der Waals surface area contributed by atoms with Crippen LogP contribution in [0.4, 0.5) is 0 Å². The van der Waals surface area contributed by atoms with Crippen molar-refractivity contribution >= 4 is 5.97 Å². The van der Waals surface area contributed by atoms with Crippen LogP contribution >= 0.6 is 0 Å². The molecule has 0 radical (unpaired) electrons. The number of benzene rings is 1. The summed E-state index contributed by atoms with van der Waals surface area (Å²) in [5.74, 6) is 0.699. The average Bonchev–Trinajstić information content (AvgIpc) is 2.51. The number of rotatable bonds is 9. The molecule has 1 aromatic rings. The maximum Gasteiger partial charge on any atom is 0.322 e. The second kappa shape index (κ2) is 9.40. The number of ether oxygens (including phenoxy) is 2. The lowest BCUT2D eigenvalue weighted by Crippen LogP contribution is -2.43. The minimum atomic E-state index is -0.236. The van der Waals surface area contributed by atoms with E-state index in [4.69, 9.17) is 9.47 Å². The standard InChI is InChI=1S/C17H27NO3/c1-5-6-10-15(17(19)21-4)18-13(2)12-14-9-7-8-11-16(14)20-3/h7-9,11,13,15,18H,5-6,10,12H2,1-4H3/t13-,15+/m1/s1. The molecule has 1 aromatic carbocycles. The van der Waals surface area contributed by atoms with Gasteiger partial charge in [0.25, 0.3) is 0 Å². The molecule has 4 heteroatoms. The Labute approximate surface area is 127 Å². The van der Waals surface area contributed by atoms with E-state index in [1.165, 1.54) is 7.11 Å². The Hall–Kier alpha value is -1.55. The third-order valence-electron chi connectivity index (χ3n) is 3.54. The number of hydrogen-bond donors (Lipinski definition) is 1. The molecule has 0 aliphatic rings. The molecule has 0 fully saturated rings. The summed E-state index contributed by atoms with van der Waals surface area (Å²) in [4.78, 5) is 11.8. The third-order valence-corrected chi connectivity index (χ3v) is 3.54. The van der Waals surface area contributed by atoms with Gasteiger partial charge in [0.2, 0.25) is 0 Å². The van der Waals surface area contributed by atoms with Crippen molar-refractivity contribution in [3.63, 3.8) is 0 Å². The van der Waals surface area contributed by atoms with Gasteiger partial charge < -0.3 is 14.8 Å². The number of methoxy groups -OCH3 is 2. The van der Waals surface area contributed by atoms with Crippen molar-refractivity contribution < 1.29 is 14.3 Å². The lowest BCUT2D eigenvalue weighted by Gasteiger charge is -2.22. The van der Waals surface area contributed by atoms with Gasteiger partial charge in [0.05, 0.1) is 14.2 Å². The van der Waals surface area contributed by atoms with Gasteiger partial charge in [0, 0.05) is 6.04 Å². The highest BCUT2D eigenvalue weighted by atomic mass is 16.5. The Morgan fingerprint density at radius 3 is 2.62 bits per heavy atom. The van der Waals surface area contributed by atoms with Crippen LogP contribution in [0.25, 0.3) is 0 Å². The Morgan fingerprint density at radius 2 is 2.00 bits per heavy atom. The molecule has 2 atom stereocenters. The smallest absolute Gasteiger partial charge is 0.322 e. The minimum absolute atomic E-state index is 0.169. The van der Waals surface area contributed by atoms with Crippen LogP contribution < -0.4 is 10.1 Å². The van der Waals surface area contributed by atoms with E-state index in [1.807, 2.05) is 18.2 Å². The second-order valence-electron chi connectivity index (χ2n) is 5.30. The molecule has 0 spiro atoms. The molecule has 0 amide bonds. The Kier molecular flexibility index (Phi) is 7.83. The summed E-state index contributed by atoms with van der Waals surface area (Å²) in [6.45, 7) is 4.20. The topological polar surface area (TPSA) is 47.6 Å². The zero-order valence-electron chi connectivity index (χ0n) is 13.5. The highest BCUT2D eigenvalue weighted by Crippen LogP contribution is 2.19. The Morgan fingerprint density at radius 1 is 1.29 bits per heavy atom. The van der Waals surface area contributed by atoms with Gasteiger partial charge in [-0.05, 0) is 31.4 Å². The number of unbranched alkanes of at least 4 members (excludes halogenated alkanes) is 1. The number of para-hydroxylation sites is 1. The fourth-order valence-electron chi connectivity index (χ4n) is 2.42. The number of carbonyl (C=O) groups is 1. The molecule has 4 nitrogen and oxygen atoms in total. The number of nitrogens with one attached hydrogen (secondary N) is 1. The van der Waals surface area contributed by atoms with E-state index in [0.717, 1.165) is 37.0 Å². The fourth-order valence-corrected chi connectivity index (χ4v) is 2.42. The van der Waals surface area contributed by atoms with Crippen LogP contribution in [-0.2, 0) is 16.0 Å². The van der Waals surface area contributed by atoms with Crippen LogP contribution in [0.15, 0.2) is 24.3 Å². The summed E-state index contributed by atoms with van der Waals surface area (Å²) in [6.07, 6.45) is 3.69. The molecule has 0 unspecified atom stereocenters. The van der Waals surface area contributed by atoms with Crippen molar-refractivity contribution in [2.45, 2.75) is 51.6 Å².